The van der Waals surface area contributed by atoms with Crippen LogP contribution < -0.4 is 5.32 Å². The number of nitrogens with zero attached hydrogens (tertiary/aromatic N) is 2. The second-order valence-corrected chi connectivity index (χ2v) is 6.21. The van der Waals surface area contributed by atoms with Crippen LogP contribution in [0.15, 0.2) is 65.1 Å². The molecule has 1 aromatic heterocycles. The van der Waals surface area contributed by atoms with Gasteiger partial charge in [-0.05, 0) is 25.2 Å². The molecule has 0 atom stereocenters. The van der Waals surface area contributed by atoms with Crippen molar-refractivity contribution in [3.05, 3.63) is 66.4 Å². The molecule has 140 valence electrons. The van der Waals surface area contributed by atoms with Crippen LogP contribution in [0, 0.1) is 0 Å². The molecule has 0 saturated carbocycles. The number of rotatable bonds is 8. The highest BCUT2D eigenvalue weighted by atomic mass is 16.4. The molecule has 2 aromatic carbocycles. The number of amides is 1. The van der Waals surface area contributed by atoms with Crippen LogP contribution in [-0.4, -0.2) is 42.0 Å². The molecule has 0 aliphatic rings. The molecule has 5 heteroatoms. The molecule has 0 spiro atoms. The molecule has 0 bridgehead atoms. The Morgan fingerprint density at radius 3 is 2.15 bits per heavy atom. The Balaban J connectivity index is 1.86. The van der Waals surface area contributed by atoms with Gasteiger partial charge < -0.3 is 14.6 Å². The van der Waals surface area contributed by atoms with E-state index in [1.807, 2.05) is 60.7 Å². The van der Waals surface area contributed by atoms with Gasteiger partial charge in [0, 0.05) is 24.2 Å². The number of carbonyl (C=O) groups is 1. The van der Waals surface area contributed by atoms with E-state index in [1.165, 1.54) is 0 Å². The zero-order chi connectivity index (χ0) is 19.1. The van der Waals surface area contributed by atoms with Gasteiger partial charge in [-0.2, -0.15) is 0 Å². The monoisotopic (exact) mass is 363 g/mol. The summed E-state index contributed by atoms with van der Waals surface area (Å²) in [6, 6.07) is 19.3. The number of oxazole rings is 1. The van der Waals surface area contributed by atoms with Crippen LogP contribution in [0.3, 0.4) is 0 Å². The van der Waals surface area contributed by atoms with Gasteiger partial charge in [0.15, 0.2) is 0 Å². The Hall–Kier alpha value is -2.92. The number of benzene rings is 2. The average molecular weight is 363 g/mol. The van der Waals surface area contributed by atoms with Crippen LogP contribution in [-0.2, 0) is 0 Å². The minimum absolute atomic E-state index is 0.240. The smallest absolute Gasteiger partial charge is 0.289 e. The summed E-state index contributed by atoms with van der Waals surface area (Å²) in [4.78, 5) is 19.6. The van der Waals surface area contributed by atoms with E-state index in [9.17, 15) is 4.79 Å². The van der Waals surface area contributed by atoms with Gasteiger partial charge in [-0.1, -0.05) is 62.4 Å². The van der Waals surface area contributed by atoms with Crippen molar-refractivity contribution in [1.29, 1.82) is 0 Å². The second kappa shape index (κ2) is 9.14. The van der Waals surface area contributed by atoms with Crippen molar-refractivity contribution in [3.8, 4) is 22.7 Å². The summed E-state index contributed by atoms with van der Waals surface area (Å²) in [6.07, 6.45) is 0. The van der Waals surface area contributed by atoms with E-state index in [1.54, 1.807) is 0 Å². The molecule has 0 unspecified atom stereocenters. The zero-order valence-corrected chi connectivity index (χ0v) is 15.8. The van der Waals surface area contributed by atoms with Crippen molar-refractivity contribution in [2.24, 2.45) is 0 Å². The molecule has 3 aromatic rings. The number of hydrogen-bond donors (Lipinski definition) is 1. The van der Waals surface area contributed by atoms with Gasteiger partial charge >= 0.3 is 0 Å². The first kappa shape index (κ1) is 18.9. The summed E-state index contributed by atoms with van der Waals surface area (Å²) in [6.45, 7) is 7.52. The van der Waals surface area contributed by atoms with Gasteiger partial charge in [-0.3, -0.25) is 4.79 Å². The lowest BCUT2D eigenvalue weighted by Crippen LogP contribution is -2.34. The van der Waals surface area contributed by atoms with E-state index < -0.39 is 0 Å². The van der Waals surface area contributed by atoms with E-state index in [4.69, 9.17) is 4.42 Å². The van der Waals surface area contributed by atoms with Crippen LogP contribution in [0.4, 0.5) is 0 Å². The predicted octanol–water partition coefficient (Wildman–Crippen LogP) is 4.08. The molecular weight excluding hydrogens is 338 g/mol. The fourth-order valence-electron chi connectivity index (χ4n) is 2.92. The van der Waals surface area contributed by atoms with Gasteiger partial charge in [0.1, 0.15) is 5.69 Å². The van der Waals surface area contributed by atoms with Crippen LogP contribution in [0.25, 0.3) is 22.7 Å². The number of aromatic nitrogens is 1. The fraction of sp³-hybridized carbons (Fsp3) is 0.273. The molecule has 0 fully saturated rings. The average Bonchev–Trinajstić information content (AvgIpc) is 3.18. The topological polar surface area (TPSA) is 58.4 Å². The SMILES string of the molecule is CCN(CC)CCNC(=O)c1oc(-c2ccccc2)nc1-c1ccccc1. The quantitative estimate of drug-likeness (QED) is 0.655. The van der Waals surface area contributed by atoms with Crippen LogP contribution in [0.5, 0.6) is 0 Å². The first-order chi connectivity index (χ1) is 13.2. The maximum atomic E-state index is 12.8. The van der Waals surface area contributed by atoms with E-state index in [0.29, 0.717) is 18.1 Å². The fourth-order valence-corrected chi connectivity index (χ4v) is 2.92. The summed E-state index contributed by atoms with van der Waals surface area (Å²) < 4.78 is 5.89. The van der Waals surface area contributed by atoms with Gasteiger partial charge in [-0.25, -0.2) is 4.98 Å². The Morgan fingerprint density at radius 1 is 0.963 bits per heavy atom. The molecule has 0 aliphatic heterocycles. The maximum Gasteiger partial charge on any atom is 0.289 e. The molecule has 3 rings (SSSR count). The summed E-state index contributed by atoms with van der Waals surface area (Å²) >= 11 is 0. The second-order valence-electron chi connectivity index (χ2n) is 6.21. The third-order valence-corrected chi connectivity index (χ3v) is 4.51. The Kier molecular flexibility index (Phi) is 6.39. The van der Waals surface area contributed by atoms with Crippen LogP contribution in [0.2, 0.25) is 0 Å². The molecule has 27 heavy (non-hydrogen) atoms. The normalized spacial score (nSPS) is 10.9. The third-order valence-electron chi connectivity index (χ3n) is 4.51. The Bertz CT molecular complexity index is 856. The highest BCUT2D eigenvalue weighted by Gasteiger charge is 2.22. The number of carbonyl (C=O) groups excluding carboxylic acids is 1. The molecular formula is C22H25N3O2. The Labute approximate surface area is 160 Å². The first-order valence-electron chi connectivity index (χ1n) is 9.35. The minimum Gasteiger partial charge on any atom is -0.430 e. The lowest BCUT2D eigenvalue weighted by molar-refractivity contribution is 0.0923. The number of likely N-dealkylation sites (N-methyl/N-ethyl adjacent to an activating group) is 1. The molecule has 1 heterocycles. The van der Waals surface area contributed by atoms with Gasteiger partial charge in [0.05, 0.1) is 0 Å². The van der Waals surface area contributed by atoms with E-state index in [2.05, 4.69) is 29.0 Å². The highest BCUT2D eigenvalue weighted by molar-refractivity contribution is 5.97. The number of nitrogens with one attached hydrogen (secondary N) is 1. The van der Waals surface area contributed by atoms with Crippen molar-refractivity contribution < 1.29 is 9.21 Å². The van der Waals surface area contributed by atoms with Gasteiger partial charge in [-0.15, -0.1) is 0 Å². The van der Waals surface area contributed by atoms with Crippen LogP contribution >= 0.6 is 0 Å². The summed E-state index contributed by atoms with van der Waals surface area (Å²) in [7, 11) is 0. The van der Waals surface area contributed by atoms with E-state index in [-0.39, 0.29) is 11.7 Å². The van der Waals surface area contributed by atoms with E-state index >= 15 is 0 Å². The maximum absolute atomic E-state index is 12.8. The minimum atomic E-state index is -0.240. The molecule has 5 nitrogen and oxygen atoms in total. The summed E-state index contributed by atoms with van der Waals surface area (Å²) in [5.41, 5.74) is 2.27. The van der Waals surface area contributed by atoms with Gasteiger partial charge in [0.2, 0.25) is 11.7 Å². The zero-order valence-electron chi connectivity index (χ0n) is 15.8. The van der Waals surface area contributed by atoms with Crippen LogP contribution in [0.1, 0.15) is 24.4 Å². The number of hydrogen-bond acceptors (Lipinski definition) is 4. The summed E-state index contributed by atoms with van der Waals surface area (Å²) in [5, 5.41) is 2.96. The predicted molar refractivity (Wildman–Crippen MR) is 107 cm³/mol. The molecule has 1 N–H and O–H groups in total. The molecule has 0 saturated heterocycles. The van der Waals surface area contributed by atoms with E-state index in [0.717, 1.165) is 30.8 Å². The van der Waals surface area contributed by atoms with Crippen molar-refractivity contribution in [2.45, 2.75) is 13.8 Å². The molecule has 0 radical (unpaired) electrons. The Morgan fingerprint density at radius 2 is 1.56 bits per heavy atom. The molecule has 0 aliphatic carbocycles. The largest absolute Gasteiger partial charge is 0.430 e. The van der Waals surface area contributed by atoms with Crippen molar-refractivity contribution in [1.82, 2.24) is 15.2 Å². The standard InChI is InChI=1S/C22H25N3O2/c1-3-25(4-2)16-15-23-21(26)20-19(17-11-7-5-8-12-17)24-22(27-20)18-13-9-6-10-14-18/h5-14H,3-4,15-16H2,1-2H3,(H,23,26). The van der Waals surface area contributed by atoms with Crippen molar-refractivity contribution >= 4 is 5.91 Å². The summed E-state index contributed by atoms with van der Waals surface area (Å²) in [5.74, 6) is 0.457. The van der Waals surface area contributed by atoms with Crippen molar-refractivity contribution in [2.75, 3.05) is 26.2 Å². The first-order valence-corrected chi connectivity index (χ1v) is 9.35. The lowest BCUT2D eigenvalue weighted by Gasteiger charge is -2.17. The van der Waals surface area contributed by atoms with Gasteiger partial charge in [0.25, 0.3) is 5.91 Å². The lowest BCUT2D eigenvalue weighted by atomic mass is 10.1. The molecule has 1 amide bonds. The van der Waals surface area contributed by atoms with Crippen molar-refractivity contribution in [3.63, 3.8) is 0 Å². The highest BCUT2D eigenvalue weighted by Crippen LogP contribution is 2.28. The third kappa shape index (κ3) is 4.63.